The number of rotatable bonds is 4. The van der Waals surface area contributed by atoms with Crippen LogP contribution >= 0.6 is 11.8 Å². The zero-order valence-electron chi connectivity index (χ0n) is 12.6. The van der Waals surface area contributed by atoms with E-state index in [0.717, 1.165) is 19.6 Å². The third-order valence-electron chi connectivity index (χ3n) is 3.27. The van der Waals surface area contributed by atoms with Crippen LogP contribution in [-0.2, 0) is 0 Å². The average Bonchev–Trinajstić information content (AvgIpc) is 2.37. The minimum atomic E-state index is -0.268. The lowest BCUT2D eigenvalue weighted by molar-refractivity contribution is 0.107. The summed E-state index contributed by atoms with van der Waals surface area (Å²) in [7, 11) is 0. The van der Waals surface area contributed by atoms with Gasteiger partial charge in [-0.1, -0.05) is 13.8 Å². The second kappa shape index (κ2) is 6.60. The van der Waals surface area contributed by atoms with Gasteiger partial charge in [0.2, 0.25) is 0 Å². The molecule has 0 aromatic carbocycles. The van der Waals surface area contributed by atoms with E-state index in [9.17, 15) is 5.11 Å². The van der Waals surface area contributed by atoms with E-state index in [0.29, 0.717) is 11.3 Å². The third kappa shape index (κ3) is 6.98. The summed E-state index contributed by atoms with van der Waals surface area (Å²) in [5.41, 5.74) is 0.0810. The van der Waals surface area contributed by atoms with Crippen molar-refractivity contribution in [2.24, 2.45) is 0 Å². The maximum atomic E-state index is 10.1. The molecule has 18 heavy (non-hydrogen) atoms. The normalized spacial score (nSPS) is 23.7. The van der Waals surface area contributed by atoms with Gasteiger partial charge < -0.3 is 10.4 Å². The minimum Gasteiger partial charge on any atom is -0.390 e. The fourth-order valence-electron chi connectivity index (χ4n) is 2.03. The first-order valence-electron chi connectivity index (χ1n) is 6.97. The van der Waals surface area contributed by atoms with Crippen molar-refractivity contribution >= 4 is 11.8 Å². The molecule has 3 nitrogen and oxygen atoms in total. The predicted octanol–water partition coefficient (Wildman–Crippen LogP) is 1.95. The molecule has 1 heterocycles. The Morgan fingerprint density at radius 3 is 2.61 bits per heavy atom. The highest BCUT2D eigenvalue weighted by molar-refractivity contribution is 8.00. The van der Waals surface area contributed by atoms with Gasteiger partial charge in [0.25, 0.3) is 0 Å². The monoisotopic (exact) mass is 274 g/mol. The molecule has 0 bridgehead atoms. The lowest BCUT2D eigenvalue weighted by Gasteiger charge is -2.27. The van der Waals surface area contributed by atoms with Gasteiger partial charge in [-0.05, 0) is 33.7 Å². The number of thioether (sulfide) groups is 1. The number of aliphatic hydroxyl groups excluding tert-OH is 1. The number of aliphatic hydroxyl groups is 1. The molecule has 1 unspecified atom stereocenters. The van der Waals surface area contributed by atoms with Crippen LogP contribution in [-0.4, -0.2) is 58.3 Å². The van der Waals surface area contributed by atoms with Crippen molar-refractivity contribution in [3.05, 3.63) is 0 Å². The third-order valence-corrected chi connectivity index (χ3v) is 4.64. The first-order chi connectivity index (χ1) is 8.18. The van der Waals surface area contributed by atoms with Gasteiger partial charge in [0.05, 0.1) is 6.10 Å². The van der Waals surface area contributed by atoms with Crippen molar-refractivity contribution in [2.45, 2.75) is 57.4 Å². The Hall–Kier alpha value is 0.230. The minimum absolute atomic E-state index is 0.0810. The van der Waals surface area contributed by atoms with E-state index in [1.54, 1.807) is 0 Å². The van der Waals surface area contributed by atoms with Gasteiger partial charge in [0, 0.05) is 35.7 Å². The predicted molar refractivity (Wildman–Crippen MR) is 81.4 cm³/mol. The Morgan fingerprint density at radius 2 is 2.00 bits per heavy atom. The van der Waals surface area contributed by atoms with E-state index in [-0.39, 0.29) is 11.6 Å². The van der Waals surface area contributed by atoms with Gasteiger partial charge in [-0.15, -0.1) is 0 Å². The van der Waals surface area contributed by atoms with Crippen molar-refractivity contribution < 1.29 is 5.11 Å². The summed E-state index contributed by atoms with van der Waals surface area (Å²) in [6.45, 7) is 14.7. The Bertz CT molecular complexity index is 251. The van der Waals surface area contributed by atoms with Crippen molar-refractivity contribution in [3.8, 4) is 0 Å². The van der Waals surface area contributed by atoms with Crippen molar-refractivity contribution in [1.29, 1.82) is 0 Å². The van der Waals surface area contributed by atoms with Crippen LogP contribution in [0.15, 0.2) is 0 Å². The second-order valence-electron chi connectivity index (χ2n) is 6.94. The van der Waals surface area contributed by atoms with Gasteiger partial charge in [0.15, 0.2) is 0 Å². The topological polar surface area (TPSA) is 35.5 Å². The van der Waals surface area contributed by atoms with Gasteiger partial charge >= 0.3 is 0 Å². The van der Waals surface area contributed by atoms with E-state index in [2.05, 4.69) is 56.6 Å². The van der Waals surface area contributed by atoms with E-state index < -0.39 is 0 Å². The van der Waals surface area contributed by atoms with Gasteiger partial charge in [-0.25, -0.2) is 0 Å². The smallest absolute Gasteiger partial charge is 0.0791 e. The quantitative estimate of drug-likeness (QED) is 0.821. The van der Waals surface area contributed by atoms with Crippen LogP contribution in [0.4, 0.5) is 0 Å². The molecule has 0 amide bonds. The van der Waals surface area contributed by atoms with Crippen LogP contribution in [0, 0.1) is 0 Å². The molecule has 1 fully saturated rings. The summed E-state index contributed by atoms with van der Waals surface area (Å²) in [5, 5.41) is 13.4. The molecule has 0 aromatic rings. The number of nitrogens with zero attached hydrogens (tertiary/aromatic N) is 1. The molecule has 1 rings (SSSR count). The summed E-state index contributed by atoms with van der Waals surface area (Å²) in [6, 6.07) is 0. The summed E-state index contributed by atoms with van der Waals surface area (Å²) in [5.74, 6) is 1.17. The van der Waals surface area contributed by atoms with Gasteiger partial charge in [-0.2, -0.15) is 11.8 Å². The number of hydrogen-bond acceptors (Lipinski definition) is 4. The highest BCUT2D eigenvalue weighted by Gasteiger charge is 2.24. The standard InChI is InChI=1S/C14H30N2OS/c1-13(2,3)15-10-12(17)11-16-7-6-14(4,5)18-9-8-16/h12,15,17H,6-11H2,1-5H3. The van der Waals surface area contributed by atoms with Crippen LogP contribution in [0.2, 0.25) is 0 Å². The molecular formula is C14H30N2OS. The van der Waals surface area contributed by atoms with Crippen molar-refractivity contribution in [3.63, 3.8) is 0 Å². The fourth-order valence-corrected chi connectivity index (χ4v) is 3.17. The van der Waals surface area contributed by atoms with Crippen LogP contribution < -0.4 is 5.32 Å². The molecule has 0 radical (unpaired) electrons. The first-order valence-corrected chi connectivity index (χ1v) is 7.96. The van der Waals surface area contributed by atoms with E-state index in [4.69, 9.17) is 0 Å². The Labute approximate surface area is 117 Å². The fraction of sp³-hybridized carbons (Fsp3) is 1.00. The Balaban J connectivity index is 2.29. The van der Waals surface area contributed by atoms with Gasteiger partial charge in [0.1, 0.15) is 0 Å². The molecule has 0 aliphatic carbocycles. The second-order valence-corrected chi connectivity index (χ2v) is 8.75. The van der Waals surface area contributed by atoms with Crippen LogP contribution in [0.5, 0.6) is 0 Å². The van der Waals surface area contributed by atoms with E-state index >= 15 is 0 Å². The maximum absolute atomic E-state index is 10.1. The molecule has 0 aromatic heterocycles. The molecule has 1 aliphatic rings. The summed E-state index contributed by atoms with van der Waals surface area (Å²) >= 11 is 2.05. The average molecular weight is 274 g/mol. The van der Waals surface area contributed by atoms with E-state index in [1.807, 2.05) is 0 Å². The highest BCUT2D eigenvalue weighted by atomic mass is 32.2. The lowest BCUT2D eigenvalue weighted by atomic mass is 10.1. The van der Waals surface area contributed by atoms with Crippen molar-refractivity contribution in [2.75, 3.05) is 31.9 Å². The number of hydrogen-bond donors (Lipinski definition) is 2. The SMILES string of the molecule is CC(C)(C)NCC(O)CN1CCSC(C)(C)CC1. The molecule has 4 heteroatoms. The largest absolute Gasteiger partial charge is 0.390 e. The Morgan fingerprint density at radius 1 is 1.33 bits per heavy atom. The molecule has 0 saturated carbocycles. The van der Waals surface area contributed by atoms with Crippen LogP contribution in [0.1, 0.15) is 41.0 Å². The van der Waals surface area contributed by atoms with E-state index in [1.165, 1.54) is 12.2 Å². The van der Waals surface area contributed by atoms with Crippen LogP contribution in [0.3, 0.4) is 0 Å². The maximum Gasteiger partial charge on any atom is 0.0791 e. The number of nitrogens with one attached hydrogen (secondary N) is 1. The summed E-state index contributed by atoms with van der Waals surface area (Å²) in [6.07, 6.45) is 0.937. The zero-order valence-corrected chi connectivity index (χ0v) is 13.4. The van der Waals surface area contributed by atoms with Gasteiger partial charge in [-0.3, -0.25) is 4.90 Å². The molecule has 1 saturated heterocycles. The zero-order chi connectivity index (χ0) is 13.8. The number of β-amino-alcohol motifs (C(OH)–C–C–N with tert-alkyl or cyclic N) is 1. The first kappa shape index (κ1) is 16.3. The molecular weight excluding hydrogens is 244 g/mol. The highest BCUT2D eigenvalue weighted by Crippen LogP contribution is 2.30. The lowest BCUT2D eigenvalue weighted by Crippen LogP contribution is -2.45. The molecule has 1 atom stereocenters. The summed E-state index contributed by atoms with van der Waals surface area (Å²) in [4.78, 5) is 2.40. The molecule has 108 valence electrons. The van der Waals surface area contributed by atoms with Crippen LogP contribution in [0.25, 0.3) is 0 Å². The molecule has 1 aliphatic heterocycles. The molecule has 2 N–H and O–H groups in total. The van der Waals surface area contributed by atoms with Crippen molar-refractivity contribution in [1.82, 2.24) is 10.2 Å². The summed E-state index contributed by atoms with van der Waals surface area (Å²) < 4.78 is 0.392. The Kier molecular flexibility index (Phi) is 5.97. The molecule has 0 spiro atoms.